The van der Waals surface area contributed by atoms with Crippen LogP contribution in [0.15, 0.2) is 100.0 Å². The van der Waals surface area contributed by atoms with Gasteiger partial charge in [0.05, 0.1) is 23.0 Å². The van der Waals surface area contributed by atoms with Crippen molar-refractivity contribution >= 4 is 45.4 Å². The maximum Gasteiger partial charge on any atom is 0.268 e. The lowest BCUT2D eigenvalue weighted by Gasteiger charge is -2.12. The zero-order valence-corrected chi connectivity index (χ0v) is 22.0. The summed E-state index contributed by atoms with van der Waals surface area (Å²) in [5.41, 5.74) is 7.04. The minimum absolute atomic E-state index is 0.0614. The summed E-state index contributed by atoms with van der Waals surface area (Å²) < 4.78 is 1.59. The molecule has 0 bridgehead atoms. The SMILES string of the molecule is Cc1ccc(/C=N/NC(=O)CSc2nc3sc(C)c(-c4ccccc4)c3c(=O)n2-c2ccccc2)cc1. The summed E-state index contributed by atoms with van der Waals surface area (Å²) in [5.74, 6) is -0.221. The van der Waals surface area contributed by atoms with Gasteiger partial charge in [0.1, 0.15) is 4.83 Å². The predicted octanol–water partition coefficient (Wildman–Crippen LogP) is 5.97. The minimum Gasteiger partial charge on any atom is -0.272 e. The highest BCUT2D eigenvalue weighted by molar-refractivity contribution is 7.99. The van der Waals surface area contributed by atoms with Crippen molar-refractivity contribution in [2.24, 2.45) is 5.10 Å². The van der Waals surface area contributed by atoms with Gasteiger partial charge in [-0.3, -0.25) is 14.2 Å². The maximum absolute atomic E-state index is 13.9. The molecule has 0 saturated heterocycles. The second-order valence-corrected chi connectivity index (χ2v) is 10.6. The third-order valence-electron chi connectivity index (χ3n) is 5.76. The van der Waals surface area contributed by atoms with Gasteiger partial charge in [0.25, 0.3) is 11.5 Å². The summed E-state index contributed by atoms with van der Waals surface area (Å²) in [6.45, 7) is 4.02. The molecule has 0 atom stereocenters. The maximum atomic E-state index is 13.9. The number of aryl methyl sites for hydroxylation is 2. The van der Waals surface area contributed by atoms with Crippen LogP contribution in [0.4, 0.5) is 0 Å². The Hall–Kier alpha value is -4.01. The van der Waals surface area contributed by atoms with E-state index in [9.17, 15) is 9.59 Å². The third kappa shape index (κ3) is 5.40. The molecule has 3 aromatic carbocycles. The first-order chi connectivity index (χ1) is 18.0. The Morgan fingerprint density at radius 2 is 1.68 bits per heavy atom. The number of benzene rings is 3. The van der Waals surface area contributed by atoms with Crippen molar-refractivity contribution in [3.63, 3.8) is 0 Å². The molecule has 5 aromatic rings. The molecular formula is C29H24N4O2S2. The number of hydrazone groups is 1. The van der Waals surface area contributed by atoms with Gasteiger partial charge in [-0.15, -0.1) is 11.3 Å². The Kier molecular flexibility index (Phi) is 7.30. The summed E-state index contributed by atoms with van der Waals surface area (Å²) in [5, 5.41) is 5.11. The zero-order chi connectivity index (χ0) is 25.8. The van der Waals surface area contributed by atoms with Crippen LogP contribution in [-0.4, -0.2) is 27.4 Å². The molecule has 37 heavy (non-hydrogen) atoms. The fourth-order valence-electron chi connectivity index (χ4n) is 3.99. The molecular weight excluding hydrogens is 500 g/mol. The van der Waals surface area contributed by atoms with Crippen molar-refractivity contribution in [3.05, 3.63) is 111 Å². The average Bonchev–Trinajstić information content (AvgIpc) is 3.25. The number of carbonyl (C=O) groups is 1. The lowest BCUT2D eigenvalue weighted by atomic mass is 10.0. The molecule has 1 N–H and O–H groups in total. The number of fused-ring (bicyclic) bond motifs is 1. The number of carbonyl (C=O) groups excluding carboxylic acids is 1. The van der Waals surface area contributed by atoms with E-state index in [4.69, 9.17) is 4.98 Å². The number of aromatic nitrogens is 2. The summed E-state index contributed by atoms with van der Waals surface area (Å²) in [6.07, 6.45) is 1.60. The molecule has 2 heterocycles. The van der Waals surface area contributed by atoms with Crippen LogP contribution in [0, 0.1) is 13.8 Å². The molecule has 2 aromatic heterocycles. The number of hydrogen-bond donors (Lipinski definition) is 1. The summed E-state index contributed by atoms with van der Waals surface area (Å²) in [4.78, 5) is 33.0. The number of amides is 1. The first-order valence-corrected chi connectivity index (χ1v) is 13.5. The number of nitrogens with zero attached hydrogens (tertiary/aromatic N) is 3. The van der Waals surface area contributed by atoms with Gasteiger partial charge in [0.15, 0.2) is 5.16 Å². The summed E-state index contributed by atoms with van der Waals surface area (Å²) >= 11 is 2.70. The predicted molar refractivity (Wildman–Crippen MR) is 153 cm³/mol. The number of thioether (sulfide) groups is 1. The van der Waals surface area contributed by atoms with Crippen LogP contribution in [-0.2, 0) is 4.79 Å². The topological polar surface area (TPSA) is 76.3 Å². The van der Waals surface area contributed by atoms with Crippen LogP contribution in [0.5, 0.6) is 0 Å². The Labute approximate surface area is 222 Å². The molecule has 0 radical (unpaired) electrons. The highest BCUT2D eigenvalue weighted by atomic mass is 32.2. The molecule has 0 aliphatic rings. The van der Waals surface area contributed by atoms with E-state index in [1.165, 1.54) is 23.1 Å². The third-order valence-corrected chi connectivity index (χ3v) is 7.70. The van der Waals surface area contributed by atoms with Crippen LogP contribution in [0.25, 0.3) is 27.0 Å². The molecule has 0 aliphatic heterocycles. The van der Waals surface area contributed by atoms with Crippen LogP contribution in [0.3, 0.4) is 0 Å². The number of nitrogens with one attached hydrogen (secondary N) is 1. The second kappa shape index (κ2) is 10.9. The average molecular weight is 525 g/mol. The van der Waals surface area contributed by atoms with Crippen molar-refractivity contribution < 1.29 is 4.79 Å². The van der Waals surface area contributed by atoms with Gasteiger partial charge in [0.2, 0.25) is 0 Å². The zero-order valence-electron chi connectivity index (χ0n) is 20.3. The molecule has 5 rings (SSSR count). The lowest BCUT2D eigenvalue weighted by molar-refractivity contribution is -0.118. The van der Waals surface area contributed by atoms with Crippen molar-refractivity contribution in [1.29, 1.82) is 0 Å². The van der Waals surface area contributed by atoms with Gasteiger partial charge < -0.3 is 0 Å². The summed E-state index contributed by atoms with van der Waals surface area (Å²) in [7, 11) is 0. The van der Waals surface area contributed by atoms with Gasteiger partial charge in [-0.25, -0.2) is 10.4 Å². The Morgan fingerprint density at radius 3 is 2.38 bits per heavy atom. The van der Waals surface area contributed by atoms with E-state index in [2.05, 4.69) is 10.5 Å². The number of hydrogen-bond acceptors (Lipinski definition) is 6. The highest BCUT2D eigenvalue weighted by Gasteiger charge is 2.21. The normalized spacial score (nSPS) is 11.3. The molecule has 6 nitrogen and oxygen atoms in total. The van der Waals surface area contributed by atoms with E-state index in [1.807, 2.05) is 98.8 Å². The van der Waals surface area contributed by atoms with Crippen molar-refractivity contribution in [3.8, 4) is 16.8 Å². The second-order valence-electron chi connectivity index (χ2n) is 8.44. The van der Waals surface area contributed by atoms with Crippen molar-refractivity contribution in [1.82, 2.24) is 15.0 Å². The van der Waals surface area contributed by atoms with Gasteiger partial charge in [-0.1, -0.05) is 90.1 Å². The number of rotatable bonds is 7. The van der Waals surface area contributed by atoms with Crippen molar-refractivity contribution in [2.45, 2.75) is 19.0 Å². The molecule has 0 fully saturated rings. The molecule has 0 saturated carbocycles. The largest absolute Gasteiger partial charge is 0.272 e. The molecule has 0 spiro atoms. The minimum atomic E-state index is -0.283. The first kappa shape index (κ1) is 24.7. The smallest absolute Gasteiger partial charge is 0.268 e. The van der Waals surface area contributed by atoms with Gasteiger partial charge in [0, 0.05) is 10.4 Å². The number of para-hydroxylation sites is 1. The fourth-order valence-corrected chi connectivity index (χ4v) is 5.88. The van der Waals surface area contributed by atoms with E-state index in [1.54, 1.807) is 10.8 Å². The molecule has 1 amide bonds. The molecule has 0 aliphatic carbocycles. The lowest BCUT2D eigenvalue weighted by Crippen LogP contribution is -2.24. The summed E-state index contributed by atoms with van der Waals surface area (Å²) in [6, 6.07) is 27.1. The van der Waals surface area contributed by atoms with E-state index in [0.717, 1.165) is 27.1 Å². The van der Waals surface area contributed by atoms with Gasteiger partial charge >= 0.3 is 0 Å². The Bertz CT molecular complexity index is 1640. The molecule has 184 valence electrons. The van der Waals surface area contributed by atoms with Crippen molar-refractivity contribution in [2.75, 3.05) is 5.75 Å². The quantitative estimate of drug-likeness (QED) is 0.123. The Balaban J connectivity index is 1.47. The highest BCUT2D eigenvalue weighted by Crippen LogP contribution is 2.36. The van der Waals surface area contributed by atoms with Crippen LogP contribution >= 0.6 is 23.1 Å². The van der Waals surface area contributed by atoms with E-state index in [0.29, 0.717) is 21.1 Å². The molecule has 0 unspecified atom stereocenters. The van der Waals surface area contributed by atoms with E-state index < -0.39 is 0 Å². The van der Waals surface area contributed by atoms with E-state index >= 15 is 0 Å². The van der Waals surface area contributed by atoms with Crippen LogP contribution in [0.2, 0.25) is 0 Å². The Morgan fingerprint density at radius 1 is 1.00 bits per heavy atom. The monoisotopic (exact) mass is 524 g/mol. The van der Waals surface area contributed by atoms with Gasteiger partial charge in [-0.05, 0) is 37.1 Å². The number of thiophene rings is 1. The standard InChI is InChI=1S/C29H24N4O2S2/c1-19-13-15-21(16-14-19)17-30-32-24(34)18-36-29-31-27-26(28(35)33(29)23-11-7-4-8-12-23)25(20(2)37-27)22-9-5-3-6-10-22/h3-17H,18H2,1-2H3,(H,32,34)/b30-17+. The molecule has 8 heteroatoms. The fraction of sp³-hybridized carbons (Fsp3) is 0.103. The van der Waals surface area contributed by atoms with Gasteiger partial charge in [-0.2, -0.15) is 5.10 Å². The first-order valence-electron chi connectivity index (χ1n) is 11.7. The van der Waals surface area contributed by atoms with Crippen LogP contribution in [0.1, 0.15) is 16.0 Å². The van der Waals surface area contributed by atoms with E-state index in [-0.39, 0.29) is 17.2 Å². The van der Waals surface area contributed by atoms with Crippen LogP contribution < -0.4 is 11.0 Å².